The van der Waals surface area contributed by atoms with Crippen molar-refractivity contribution in [3.63, 3.8) is 0 Å². The van der Waals surface area contributed by atoms with Crippen LogP contribution in [0.3, 0.4) is 0 Å². The molecule has 0 spiro atoms. The van der Waals surface area contributed by atoms with Crippen molar-refractivity contribution in [3.05, 3.63) is 21.4 Å². The molecule has 104 valence electrons. The normalized spacial score (nSPS) is 10.2. The first-order valence-electron chi connectivity index (χ1n) is 5.99. The molecule has 0 unspecified atom stereocenters. The van der Waals surface area contributed by atoms with E-state index >= 15 is 0 Å². The SMILES string of the molecule is Cc1cc(C(=O)CCC(=O)NCCC(=O)O)c(C)s1. The number of carbonyl (C=O) groups excluding carboxylic acids is 2. The molecule has 1 aromatic rings. The molecule has 2 N–H and O–H groups in total. The number of carboxylic acid groups (broad SMARTS) is 1. The van der Waals surface area contributed by atoms with Gasteiger partial charge >= 0.3 is 5.97 Å². The van der Waals surface area contributed by atoms with Gasteiger partial charge in [0.05, 0.1) is 6.42 Å². The molecule has 1 heterocycles. The van der Waals surface area contributed by atoms with E-state index in [0.717, 1.165) is 9.75 Å². The zero-order valence-corrected chi connectivity index (χ0v) is 11.8. The molecule has 0 fully saturated rings. The molecule has 0 saturated heterocycles. The molecule has 1 aromatic heterocycles. The van der Waals surface area contributed by atoms with E-state index in [9.17, 15) is 14.4 Å². The minimum absolute atomic E-state index is 0.0461. The predicted octanol–water partition coefficient (Wildman–Crippen LogP) is 1.92. The molecule has 1 amide bonds. The second-order valence-electron chi connectivity index (χ2n) is 4.24. The predicted molar refractivity (Wildman–Crippen MR) is 72.6 cm³/mol. The van der Waals surface area contributed by atoms with Gasteiger partial charge in [-0.05, 0) is 19.9 Å². The molecule has 0 saturated carbocycles. The summed E-state index contributed by atoms with van der Waals surface area (Å²) in [5.74, 6) is -1.30. The number of rotatable bonds is 7. The summed E-state index contributed by atoms with van der Waals surface area (Å²) in [6.07, 6.45) is 0.130. The highest BCUT2D eigenvalue weighted by molar-refractivity contribution is 7.12. The van der Waals surface area contributed by atoms with Crippen molar-refractivity contribution in [2.24, 2.45) is 0 Å². The average Bonchev–Trinajstić information content (AvgIpc) is 2.65. The van der Waals surface area contributed by atoms with Crippen molar-refractivity contribution >= 4 is 29.0 Å². The Balaban J connectivity index is 2.36. The van der Waals surface area contributed by atoms with Crippen LogP contribution in [0.5, 0.6) is 0 Å². The van der Waals surface area contributed by atoms with Crippen LogP contribution in [-0.4, -0.2) is 29.3 Å². The Morgan fingerprint density at radius 3 is 2.42 bits per heavy atom. The van der Waals surface area contributed by atoms with Crippen LogP contribution in [0.2, 0.25) is 0 Å². The van der Waals surface area contributed by atoms with Gasteiger partial charge in [-0.3, -0.25) is 14.4 Å². The largest absolute Gasteiger partial charge is 0.481 e. The molecule has 0 aliphatic carbocycles. The van der Waals surface area contributed by atoms with Gasteiger partial charge < -0.3 is 10.4 Å². The fourth-order valence-corrected chi connectivity index (χ4v) is 2.61. The van der Waals surface area contributed by atoms with Crippen LogP contribution in [0.1, 0.15) is 39.4 Å². The second-order valence-corrected chi connectivity index (χ2v) is 5.70. The smallest absolute Gasteiger partial charge is 0.305 e. The standard InChI is InChI=1S/C13H17NO4S/c1-8-7-10(9(2)19-8)11(15)3-4-12(16)14-6-5-13(17)18/h7H,3-6H2,1-2H3,(H,14,16)(H,17,18). The maximum Gasteiger partial charge on any atom is 0.305 e. The van der Waals surface area contributed by atoms with E-state index in [1.54, 1.807) is 11.3 Å². The van der Waals surface area contributed by atoms with Crippen LogP contribution >= 0.6 is 11.3 Å². The molecule has 0 radical (unpaired) electrons. The number of aryl methyl sites for hydroxylation is 2. The molecular formula is C13H17NO4S. The Labute approximate surface area is 115 Å². The lowest BCUT2D eigenvalue weighted by Gasteiger charge is -2.03. The number of aliphatic carboxylic acids is 1. The summed E-state index contributed by atoms with van der Waals surface area (Å²) < 4.78 is 0. The van der Waals surface area contributed by atoms with Crippen molar-refractivity contribution in [2.75, 3.05) is 6.54 Å². The van der Waals surface area contributed by atoms with Crippen molar-refractivity contribution in [2.45, 2.75) is 33.1 Å². The van der Waals surface area contributed by atoms with Gasteiger partial charge in [-0.15, -0.1) is 11.3 Å². The van der Waals surface area contributed by atoms with Gasteiger partial charge in [-0.25, -0.2) is 0 Å². The Kier molecular flexibility index (Phi) is 5.69. The van der Waals surface area contributed by atoms with Crippen LogP contribution in [0.15, 0.2) is 6.07 Å². The summed E-state index contributed by atoms with van der Waals surface area (Å²) in [4.78, 5) is 35.6. The highest BCUT2D eigenvalue weighted by Gasteiger charge is 2.13. The van der Waals surface area contributed by atoms with Crippen LogP contribution in [0.4, 0.5) is 0 Å². The third-order valence-electron chi connectivity index (χ3n) is 2.58. The number of amides is 1. The monoisotopic (exact) mass is 283 g/mol. The van der Waals surface area contributed by atoms with Gasteiger partial charge in [0, 0.05) is 34.7 Å². The van der Waals surface area contributed by atoms with E-state index in [4.69, 9.17) is 5.11 Å². The summed E-state index contributed by atoms with van der Waals surface area (Å²) in [5, 5.41) is 10.9. The Bertz CT molecular complexity index is 493. The van der Waals surface area contributed by atoms with Crippen molar-refractivity contribution in [1.29, 1.82) is 0 Å². The number of nitrogens with one attached hydrogen (secondary N) is 1. The van der Waals surface area contributed by atoms with Crippen LogP contribution in [0, 0.1) is 13.8 Å². The summed E-state index contributed by atoms with van der Waals surface area (Å²) in [6.45, 7) is 3.92. The third-order valence-corrected chi connectivity index (χ3v) is 3.55. The Morgan fingerprint density at radius 1 is 1.21 bits per heavy atom. The van der Waals surface area contributed by atoms with Crippen LogP contribution in [0.25, 0.3) is 0 Å². The minimum Gasteiger partial charge on any atom is -0.481 e. The molecule has 19 heavy (non-hydrogen) atoms. The van der Waals surface area contributed by atoms with Gasteiger partial charge in [-0.1, -0.05) is 0 Å². The van der Waals surface area contributed by atoms with Gasteiger partial charge in [0.1, 0.15) is 0 Å². The molecule has 0 aromatic carbocycles. The minimum atomic E-state index is -0.958. The molecule has 0 aliphatic rings. The van der Waals surface area contributed by atoms with Gasteiger partial charge in [-0.2, -0.15) is 0 Å². The topological polar surface area (TPSA) is 83.5 Å². The highest BCUT2D eigenvalue weighted by atomic mass is 32.1. The summed E-state index contributed by atoms with van der Waals surface area (Å²) in [7, 11) is 0. The van der Waals surface area contributed by atoms with E-state index in [2.05, 4.69) is 5.32 Å². The Morgan fingerprint density at radius 2 is 1.89 bits per heavy atom. The molecular weight excluding hydrogens is 266 g/mol. The molecule has 0 atom stereocenters. The number of ketones is 1. The summed E-state index contributed by atoms with van der Waals surface area (Å²) in [6, 6.07) is 1.84. The third kappa shape index (κ3) is 5.21. The van der Waals surface area contributed by atoms with E-state index in [1.165, 1.54) is 0 Å². The number of Topliss-reactive ketones (excluding diaryl/α,β-unsaturated/α-hetero) is 1. The van der Waals surface area contributed by atoms with E-state index in [-0.39, 0.29) is 37.5 Å². The average molecular weight is 283 g/mol. The van der Waals surface area contributed by atoms with Gasteiger partial charge in [0.25, 0.3) is 0 Å². The number of thiophene rings is 1. The van der Waals surface area contributed by atoms with E-state index < -0.39 is 5.97 Å². The van der Waals surface area contributed by atoms with Crippen molar-refractivity contribution in [1.82, 2.24) is 5.32 Å². The van der Waals surface area contributed by atoms with Gasteiger partial charge in [0.2, 0.25) is 5.91 Å². The lowest BCUT2D eigenvalue weighted by atomic mass is 10.1. The molecule has 6 heteroatoms. The first kappa shape index (κ1) is 15.4. The maximum absolute atomic E-state index is 11.9. The van der Waals surface area contributed by atoms with Gasteiger partial charge in [0.15, 0.2) is 5.78 Å². The maximum atomic E-state index is 11.9. The van der Waals surface area contributed by atoms with E-state index in [1.807, 2.05) is 19.9 Å². The number of hydrogen-bond acceptors (Lipinski definition) is 4. The highest BCUT2D eigenvalue weighted by Crippen LogP contribution is 2.22. The summed E-state index contributed by atoms with van der Waals surface area (Å²) in [5.41, 5.74) is 0.681. The second kappa shape index (κ2) is 7.04. The molecule has 0 bridgehead atoms. The first-order chi connectivity index (χ1) is 8.90. The fourth-order valence-electron chi connectivity index (χ4n) is 1.67. The number of hydrogen-bond donors (Lipinski definition) is 2. The lowest BCUT2D eigenvalue weighted by molar-refractivity contribution is -0.136. The van der Waals surface area contributed by atoms with Crippen LogP contribution in [-0.2, 0) is 9.59 Å². The molecule has 0 aliphatic heterocycles. The van der Waals surface area contributed by atoms with Crippen LogP contribution < -0.4 is 5.32 Å². The fraction of sp³-hybridized carbons (Fsp3) is 0.462. The number of carbonyl (C=O) groups is 3. The number of carboxylic acids is 1. The first-order valence-corrected chi connectivity index (χ1v) is 6.80. The molecule has 1 rings (SSSR count). The van der Waals surface area contributed by atoms with E-state index in [0.29, 0.717) is 5.56 Å². The van der Waals surface area contributed by atoms with Crippen molar-refractivity contribution in [3.8, 4) is 0 Å². The molecule has 5 nitrogen and oxygen atoms in total. The quantitative estimate of drug-likeness (QED) is 0.749. The van der Waals surface area contributed by atoms with Crippen molar-refractivity contribution < 1.29 is 19.5 Å². The zero-order chi connectivity index (χ0) is 14.4. The lowest BCUT2D eigenvalue weighted by Crippen LogP contribution is -2.26. The summed E-state index contributed by atoms with van der Waals surface area (Å²) >= 11 is 1.56. The zero-order valence-electron chi connectivity index (χ0n) is 11.0. The Hall–Kier alpha value is -1.69.